The van der Waals surface area contributed by atoms with E-state index >= 15 is 0 Å². The van der Waals surface area contributed by atoms with Gasteiger partial charge in [-0.1, -0.05) is 45.0 Å². The van der Waals surface area contributed by atoms with Crippen LogP contribution in [0.3, 0.4) is 0 Å². The van der Waals surface area contributed by atoms with Crippen LogP contribution >= 0.6 is 11.3 Å². The van der Waals surface area contributed by atoms with Crippen molar-refractivity contribution in [3.63, 3.8) is 0 Å². The van der Waals surface area contributed by atoms with Crippen molar-refractivity contribution in [1.29, 1.82) is 0 Å². The van der Waals surface area contributed by atoms with Crippen LogP contribution < -0.4 is 4.43 Å². The van der Waals surface area contributed by atoms with Crippen LogP contribution in [0.5, 0.6) is 5.75 Å². The van der Waals surface area contributed by atoms with Crippen molar-refractivity contribution in [2.24, 2.45) is 0 Å². The first-order valence-electron chi connectivity index (χ1n) is 11.5. The van der Waals surface area contributed by atoms with Crippen LogP contribution in [0.1, 0.15) is 51.1 Å². The maximum atomic E-state index is 6.66. The molecule has 2 heterocycles. The van der Waals surface area contributed by atoms with Crippen LogP contribution in [0.2, 0.25) is 18.1 Å². The molecule has 1 aliphatic heterocycles. The molecule has 0 spiro atoms. The fourth-order valence-electron chi connectivity index (χ4n) is 4.17. The molecular weight excluding hydrogens is 416 g/mol. The van der Waals surface area contributed by atoms with Crippen molar-refractivity contribution in [2.45, 2.75) is 70.9 Å². The topological polar surface area (TPSA) is 15.7 Å². The molecule has 0 saturated carbocycles. The quantitative estimate of drug-likeness (QED) is 0.336. The van der Waals surface area contributed by atoms with E-state index in [9.17, 15) is 0 Å². The van der Waals surface area contributed by atoms with E-state index in [1.165, 1.54) is 10.4 Å². The van der Waals surface area contributed by atoms with Gasteiger partial charge in [0.2, 0.25) is 8.32 Å². The first kappa shape index (κ1) is 24.2. The van der Waals surface area contributed by atoms with Gasteiger partial charge in [0.05, 0.1) is 6.04 Å². The van der Waals surface area contributed by atoms with E-state index in [0.29, 0.717) is 12.1 Å². The summed E-state index contributed by atoms with van der Waals surface area (Å²) in [5, 5.41) is 2.38. The summed E-state index contributed by atoms with van der Waals surface area (Å²) in [7, 11) is -1.88. The van der Waals surface area contributed by atoms with Crippen molar-refractivity contribution < 1.29 is 4.43 Å². The normalized spacial score (nSPS) is 22.3. The molecule has 31 heavy (non-hydrogen) atoms. The van der Waals surface area contributed by atoms with E-state index < -0.39 is 8.32 Å². The lowest BCUT2D eigenvalue weighted by atomic mass is 9.98. The molecule has 3 nitrogen and oxygen atoms in total. The van der Waals surface area contributed by atoms with E-state index in [0.717, 1.165) is 25.4 Å². The summed E-state index contributed by atoms with van der Waals surface area (Å²) in [4.78, 5) is 6.62. The van der Waals surface area contributed by atoms with E-state index in [4.69, 9.17) is 4.43 Å². The zero-order valence-electron chi connectivity index (χ0n) is 20.4. The number of hydrogen-bond acceptors (Lipinski definition) is 4. The third-order valence-electron chi connectivity index (χ3n) is 7.02. The number of thiophene rings is 1. The Morgan fingerprint density at radius 3 is 2.52 bits per heavy atom. The highest BCUT2D eigenvalue weighted by Crippen LogP contribution is 2.40. The van der Waals surface area contributed by atoms with Gasteiger partial charge in [-0.15, -0.1) is 17.9 Å². The number of benzene rings is 1. The molecule has 170 valence electrons. The zero-order chi connectivity index (χ0) is 22.8. The summed E-state index contributed by atoms with van der Waals surface area (Å²) in [6, 6.07) is 14.5. The molecule has 3 rings (SSSR count). The monoisotopic (exact) mass is 456 g/mol. The summed E-state index contributed by atoms with van der Waals surface area (Å²) >= 11 is 1.85. The van der Waals surface area contributed by atoms with Gasteiger partial charge in [0.25, 0.3) is 0 Å². The molecular formula is C26H40N2OSSi. The predicted molar refractivity (Wildman–Crippen MR) is 138 cm³/mol. The van der Waals surface area contributed by atoms with Gasteiger partial charge in [-0.3, -0.25) is 9.80 Å². The third-order valence-corrected chi connectivity index (χ3v) is 12.3. The Hall–Kier alpha value is -1.40. The van der Waals surface area contributed by atoms with Gasteiger partial charge in [-0.05, 0) is 61.1 Å². The minimum atomic E-state index is -1.88. The van der Waals surface area contributed by atoms with Crippen LogP contribution in [0, 0.1) is 0 Å². The van der Waals surface area contributed by atoms with Gasteiger partial charge in [-0.2, -0.15) is 0 Å². The lowest BCUT2D eigenvalue weighted by molar-refractivity contribution is 0.0315. The number of rotatable bonds is 7. The Labute approximate surface area is 194 Å². The molecule has 3 atom stereocenters. The second-order valence-corrected chi connectivity index (χ2v) is 16.2. The zero-order valence-corrected chi connectivity index (χ0v) is 22.2. The SMILES string of the molecule is C=CCN1C[C@H](C)N([C@H](c2cccc(O[Si](C)(C)C(C)(C)C)c2)c2cccs2)C[C@H]1C. The van der Waals surface area contributed by atoms with E-state index in [1.807, 2.05) is 17.4 Å². The van der Waals surface area contributed by atoms with Crippen LogP contribution in [-0.4, -0.2) is 49.8 Å². The second-order valence-electron chi connectivity index (χ2n) is 10.5. The fourth-order valence-corrected chi connectivity index (χ4v) is 6.06. The summed E-state index contributed by atoms with van der Waals surface area (Å²) in [5.41, 5.74) is 1.33. The van der Waals surface area contributed by atoms with Crippen molar-refractivity contribution in [3.8, 4) is 5.75 Å². The maximum absolute atomic E-state index is 6.66. The van der Waals surface area contributed by atoms with E-state index in [-0.39, 0.29) is 11.1 Å². The smallest absolute Gasteiger partial charge is 0.250 e. The Kier molecular flexibility index (Phi) is 7.52. The van der Waals surface area contributed by atoms with Crippen LogP contribution in [0.15, 0.2) is 54.4 Å². The highest BCUT2D eigenvalue weighted by atomic mass is 32.1. The molecule has 2 aromatic rings. The Bertz CT molecular complexity index is 859. The molecule has 5 heteroatoms. The Morgan fingerprint density at radius 2 is 1.90 bits per heavy atom. The molecule has 1 aliphatic rings. The molecule has 0 radical (unpaired) electrons. The van der Waals surface area contributed by atoms with Gasteiger partial charge in [-0.25, -0.2) is 0 Å². The molecule has 1 aromatic heterocycles. The van der Waals surface area contributed by atoms with Crippen LogP contribution in [-0.2, 0) is 0 Å². The first-order chi connectivity index (χ1) is 14.5. The summed E-state index contributed by atoms with van der Waals surface area (Å²) in [6.07, 6.45) is 2.03. The summed E-state index contributed by atoms with van der Waals surface area (Å²) in [6.45, 7) is 23.2. The molecule has 0 N–H and O–H groups in total. The summed E-state index contributed by atoms with van der Waals surface area (Å²) in [5.74, 6) is 1.01. The minimum absolute atomic E-state index is 0.182. The van der Waals surface area contributed by atoms with Gasteiger partial charge in [0, 0.05) is 36.6 Å². The molecule has 0 aliphatic carbocycles. The highest BCUT2D eigenvalue weighted by molar-refractivity contribution is 7.10. The molecule has 1 aromatic carbocycles. The van der Waals surface area contributed by atoms with E-state index in [1.54, 1.807) is 0 Å². The Balaban J connectivity index is 1.93. The lowest BCUT2D eigenvalue weighted by Crippen LogP contribution is -2.57. The highest BCUT2D eigenvalue weighted by Gasteiger charge is 2.39. The molecule has 1 saturated heterocycles. The van der Waals surface area contributed by atoms with Crippen molar-refractivity contribution in [2.75, 3.05) is 19.6 Å². The average Bonchev–Trinajstić information content (AvgIpc) is 3.19. The van der Waals surface area contributed by atoms with Gasteiger partial charge < -0.3 is 4.43 Å². The Morgan fingerprint density at radius 1 is 1.16 bits per heavy atom. The van der Waals surface area contributed by atoms with Gasteiger partial charge >= 0.3 is 0 Å². The predicted octanol–water partition coefficient (Wildman–Crippen LogP) is 6.80. The van der Waals surface area contributed by atoms with Crippen molar-refractivity contribution in [1.82, 2.24) is 9.80 Å². The average molecular weight is 457 g/mol. The summed E-state index contributed by atoms with van der Waals surface area (Å²) < 4.78 is 6.66. The number of nitrogens with zero attached hydrogens (tertiary/aromatic N) is 2. The largest absolute Gasteiger partial charge is 0.543 e. The van der Waals surface area contributed by atoms with Crippen LogP contribution in [0.4, 0.5) is 0 Å². The van der Waals surface area contributed by atoms with Crippen LogP contribution in [0.25, 0.3) is 0 Å². The van der Waals surface area contributed by atoms with E-state index in [2.05, 4.69) is 106 Å². The molecule has 0 unspecified atom stereocenters. The van der Waals surface area contributed by atoms with Gasteiger partial charge in [0.15, 0.2) is 0 Å². The lowest BCUT2D eigenvalue weighted by Gasteiger charge is -2.47. The molecule has 0 bridgehead atoms. The third kappa shape index (κ3) is 5.51. The fraction of sp³-hybridized carbons (Fsp3) is 0.538. The second kappa shape index (κ2) is 9.61. The number of hydrogen-bond donors (Lipinski definition) is 0. The maximum Gasteiger partial charge on any atom is 0.250 e. The molecule has 0 amide bonds. The minimum Gasteiger partial charge on any atom is -0.543 e. The standard InChI is InChI=1S/C26H40N2OSSi/c1-9-15-27-18-21(3)28(19-20(27)2)25(24-14-11-16-30-24)22-12-10-13-23(17-22)29-31(7,8)26(4,5)6/h9-14,16-17,20-21,25H,1,15,18-19H2,2-8H3/t20-,21+,25-/m1/s1. The molecule has 1 fully saturated rings. The van der Waals surface area contributed by atoms with Crippen molar-refractivity contribution >= 4 is 19.7 Å². The first-order valence-corrected chi connectivity index (χ1v) is 15.3. The van der Waals surface area contributed by atoms with Crippen molar-refractivity contribution in [3.05, 3.63) is 64.9 Å². The number of piperazine rings is 1. The van der Waals surface area contributed by atoms with Gasteiger partial charge in [0.1, 0.15) is 5.75 Å².